The van der Waals surface area contributed by atoms with Gasteiger partial charge in [-0.3, -0.25) is 10.1 Å². The van der Waals surface area contributed by atoms with Crippen LogP contribution >= 0.6 is 22.7 Å². The van der Waals surface area contributed by atoms with Crippen LogP contribution in [0.5, 0.6) is 0 Å². The van der Waals surface area contributed by atoms with Crippen LogP contribution in [-0.2, 0) is 0 Å². The maximum Gasteiger partial charge on any atom is 0.267 e. The highest BCUT2D eigenvalue weighted by Gasteiger charge is 2.10. The average molecular weight is 278 g/mol. The van der Waals surface area contributed by atoms with E-state index >= 15 is 0 Å². The van der Waals surface area contributed by atoms with Gasteiger partial charge in [-0.05, 0) is 19.1 Å². The molecular formula is C12H10N2O2S2. The van der Waals surface area contributed by atoms with Gasteiger partial charge in [0.25, 0.3) is 5.91 Å². The van der Waals surface area contributed by atoms with Crippen LogP contribution < -0.4 is 5.32 Å². The number of amides is 1. The molecule has 2 aromatic rings. The van der Waals surface area contributed by atoms with E-state index in [2.05, 4.69) is 22.1 Å². The first-order chi connectivity index (χ1) is 8.69. The van der Waals surface area contributed by atoms with Gasteiger partial charge < -0.3 is 5.11 Å². The molecule has 0 aliphatic heterocycles. The third kappa shape index (κ3) is 3.17. The van der Waals surface area contributed by atoms with Crippen LogP contribution in [0.25, 0.3) is 0 Å². The van der Waals surface area contributed by atoms with Gasteiger partial charge in [0.15, 0.2) is 5.13 Å². The minimum atomic E-state index is -0.189. The van der Waals surface area contributed by atoms with E-state index in [1.54, 1.807) is 12.1 Å². The molecule has 0 saturated heterocycles. The lowest BCUT2D eigenvalue weighted by Crippen LogP contribution is -2.09. The first kappa shape index (κ1) is 12.8. The summed E-state index contributed by atoms with van der Waals surface area (Å²) < 4.78 is 0. The molecule has 18 heavy (non-hydrogen) atoms. The van der Waals surface area contributed by atoms with Crippen LogP contribution in [0.15, 0.2) is 17.5 Å². The molecule has 2 aromatic heterocycles. The lowest BCUT2D eigenvalue weighted by molar-refractivity contribution is 0.103. The Balaban J connectivity index is 2.07. The summed E-state index contributed by atoms with van der Waals surface area (Å²) in [5, 5.41) is 13.8. The fourth-order valence-corrected chi connectivity index (χ4v) is 2.68. The van der Waals surface area contributed by atoms with Crippen molar-refractivity contribution in [1.29, 1.82) is 0 Å². The summed E-state index contributed by atoms with van der Waals surface area (Å²) in [7, 11) is 0. The molecule has 0 aromatic carbocycles. The van der Waals surface area contributed by atoms with Crippen molar-refractivity contribution in [2.75, 3.05) is 11.9 Å². The standard InChI is InChI=1S/C12H10N2O2S2/c1-8-7-17-12(13-8)14-11(16)10-5-4-9(18-10)3-2-6-15/h4-5,7,15H,6H2,1H3,(H,13,14,16). The van der Waals surface area contributed by atoms with E-state index in [1.807, 2.05) is 12.3 Å². The summed E-state index contributed by atoms with van der Waals surface area (Å²) in [6.07, 6.45) is 0. The first-order valence-electron chi connectivity index (χ1n) is 5.12. The molecule has 0 aliphatic rings. The number of aromatic nitrogens is 1. The molecule has 6 heteroatoms. The minimum absolute atomic E-state index is 0.183. The second-order valence-corrected chi connectivity index (χ2v) is 5.31. The molecule has 2 heterocycles. The number of aliphatic hydroxyl groups is 1. The van der Waals surface area contributed by atoms with E-state index < -0.39 is 0 Å². The zero-order valence-electron chi connectivity index (χ0n) is 9.56. The summed E-state index contributed by atoms with van der Waals surface area (Å²) in [6.45, 7) is 1.69. The third-order valence-electron chi connectivity index (χ3n) is 1.96. The summed E-state index contributed by atoms with van der Waals surface area (Å²) in [5.41, 5.74) is 0.885. The van der Waals surface area contributed by atoms with Crippen molar-refractivity contribution in [2.24, 2.45) is 0 Å². The molecule has 92 valence electrons. The summed E-state index contributed by atoms with van der Waals surface area (Å²) in [5.74, 6) is 5.12. The SMILES string of the molecule is Cc1csc(NC(=O)c2ccc(C#CCO)s2)n1. The predicted molar refractivity (Wildman–Crippen MR) is 73.1 cm³/mol. The van der Waals surface area contributed by atoms with Crippen molar-refractivity contribution in [3.8, 4) is 11.8 Å². The lowest BCUT2D eigenvalue weighted by Gasteiger charge is -1.97. The first-order valence-corrected chi connectivity index (χ1v) is 6.81. The van der Waals surface area contributed by atoms with Crippen molar-refractivity contribution in [3.05, 3.63) is 33.0 Å². The smallest absolute Gasteiger partial charge is 0.267 e. The molecule has 0 fully saturated rings. The number of thiophene rings is 1. The van der Waals surface area contributed by atoms with Crippen LogP contribution in [-0.4, -0.2) is 22.6 Å². The van der Waals surface area contributed by atoms with E-state index in [-0.39, 0.29) is 12.5 Å². The van der Waals surface area contributed by atoms with E-state index in [0.29, 0.717) is 10.0 Å². The third-order valence-corrected chi connectivity index (χ3v) is 3.83. The normalized spacial score (nSPS) is 9.67. The number of carbonyl (C=O) groups is 1. The van der Waals surface area contributed by atoms with Gasteiger partial charge in [0.05, 0.1) is 15.4 Å². The van der Waals surface area contributed by atoms with Crippen molar-refractivity contribution < 1.29 is 9.90 Å². The highest BCUT2D eigenvalue weighted by molar-refractivity contribution is 7.15. The fraction of sp³-hybridized carbons (Fsp3) is 0.167. The number of aryl methyl sites for hydroxylation is 1. The molecule has 0 atom stereocenters. The highest BCUT2D eigenvalue weighted by atomic mass is 32.1. The topological polar surface area (TPSA) is 62.2 Å². The Morgan fingerprint density at radius 3 is 3.06 bits per heavy atom. The Labute approximate surface area is 112 Å². The zero-order valence-corrected chi connectivity index (χ0v) is 11.2. The average Bonchev–Trinajstić information content (AvgIpc) is 2.96. The van der Waals surface area contributed by atoms with E-state index in [9.17, 15) is 4.79 Å². The molecule has 0 aliphatic carbocycles. The van der Waals surface area contributed by atoms with Gasteiger partial charge in [0.2, 0.25) is 0 Å². The molecular weight excluding hydrogens is 268 g/mol. The van der Waals surface area contributed by atoms with Gasteiger partial charge in [-0.25, -0.2) is 4.98 Å². The molecule has 0 spiro atoms. The van der Waals surface area contributed by atoms with Crippen LogP contribution in [0.4, 0.5) is 5.13 Å². The number of aliphatic hydroxyl groups excluding tert-OH is 1. The second kappa shape index (κ2) is 5.78. The van der Waals surface area contributed by atoms with Gasteiger partial charge in [0, 0.05) is 5.38 Å². The summed E-state index contributed by atoms with van der Waals surface area (Å²) in [4.78, 5) is 17.4. The van der Waals surface area contributed by atoms with Crippen LogP contribution in [0, 0.1) is 18.8 Å². The van der Waals surface area contributed by atoms with Crippen molar-refractivity contribution in [3.63, 3.8) is 0 Å². The Morgan fingerprint density at radius 2 is 2.39 bits per heavy atom. The Kier molecular flexibility index (Phi) is 4.10. The van der Waals surface area contributed by atoms with Crippen molar-refractivity contribution >= 4 is 33.7 Å². The van der Waals surface area contributed by atoms with E-state index in [4.69, 9.17) is 5.11 Å². The van der Waals surface area contributed by atoms with E-state index in [0.717, 1.165) is 10.6 Å². The number of hydrogen-bond donors (Lipinski definition) is 2. The number of nitrogens with zero attached hydrogens (tertiary/aromatic N) is 1. The highest BCUT2D eigenvalue weighted by Crippen LogP contribution is 2.19. The number of rotatable bonds is 2. The Morgan fingerprint density at radius 1 is 1.56 bits per heavy atom. The zero-order chi connectivity index (χ0) is 13.0. The molecule has 0 radical (unpaired) electrons. The molecule has 0 unspecified atom stereocenters. The number of nitrogens with one attached hydrogen (secondary N) is 1. The van der Waals surface area contributed by atoms with Gasteiger partial charge in [0.1, 0.15) is 6.61 Å². The summed E-state index contributed by atoms with van der Waals surface area (Å²) >= 11 is 2.68. The van der Waals surface area contributed by atoms with Gasteiger partial charge in [-0.15, -0.1) is 22.7 Å². The predicted octanol–water partition coefficient (Wildman–Crippen LogP) is 2.11. The molecule has 2 N–H and O–H groups in total. The largest absolute Gasteiger partial charge is 0.384 e. The van der Waals surface area contributed by atoms with Crippen molar-refractivity contribution in [1.82, 2.24) is 4.98 Å². The van der Waals surface area contributed by atoms with Gasteiger partial charge in [-0.2, -0.15) is 0 Å². The monoisotopic (exact) mass is 278 g/mol. The number of carbonyl (C=O) groups excluding carboxylic acids is 1. The molecule has 0 saturated carbocycles. The quantitative estimate of drug-likeness (QED) is 0.827. The molecule has 2 rings (SSSR count). The molecule has 0 bridgehead atoms. The maximum absolute atomic E-state index is 11.9. The van der Waals surface area contributed by atoms with Gasteiger partial charge >= 0.3 is 0 Å². The Bertz CT molecular complexity index is 619. The van der Waals surface area contributed by atoms with Crippen LogP contribution in [0.2, 0.25) is 0 Å². The van der Waals surface area contributed by atoms with E-state index in [1.165, 1.54) is 22.7 Å². The fourth-order valence-electron chi connectivity index (χ4n) is 1.22. The number of hydrogen-bond acceptors (Lipinski definition) is 5. The molecule has 4 nitrogen and oxygen atoms in total. The minimum Gasteiger partial charge on any atom is -0.384 e. The number of thiazole rings is 1. The second-order valence-electron chi connectivity index (χ2n) is 3.37. The Hall–Kier alpha value is -1.68. The summed E-state index contributed by atoms with van der Waals surface area (Å²) in [6, 6.07) is 3.47. The van der Waals surface area contributed by atoms with Crippen molar-refractivity contribution in [2.45, 2.75) is 6.92 Å². The molecule has 1 amide bonds. The van der Waals surface area contributed by atoms with Crippen LogP contribution in [0.3, 0.4) is 0 Å². The van der Waals surface area contributed by atoms with Crippen LogP contribution in [0.1, 0.15) is 20.2 Å². The maximum atomic E-state index is 11.9. The van der Waals surface area contributed by atoms with Gasteiger partial charge in [-0.1, -0.05) is 11.8 Å². The lowest BCUT2D eigenvalue weighted by atomic mass is 10.4. The number of anilines is 1.